The molecule has 4 rings (SSSR count). The van der Waals surface area contributed by atoms with Crippen LogP contribution in [0.2, 0.25) is 0 Å². The van der Waals surface area contributed by atoms with E-state index in [0.717, 1.165) is 54.4 Å². The summed E-state index contributed by atoms with van der Waals surface area (Å²) in [5.74, 6) is 1.25. The number of rotatable bonds is 14. The minimum Gasteiger partial charge on any atom is -0.495 e. The number of likely N-dealkylation sites (N-methyl/N-ethyl adjacent to an activating group) is 2. The summed E-state index contributed by atoms with van der Waals surface area (Å²) in [5, 5.41) is 9.80. The van der Waals surface area contributed by atoms with Crippen molar-refractivity contribution in [1.82, 2.24) is 30.1 Å². The van der Waals surface area contributed by atoms with Gasteiger partial charge in [0.2, 0.25) is 11.8 Å². The molecule has 13 nitrogen and oxygen atoms in total. The summed E-state index contributed by atoms with van der Waals surface area (Å²) in [6.07, 6.45) is 7.51. The number of hydrogen-bond donors (Lipinski definition) is 4. The smallest absolute Gasteiger partial charge is 0.246 e. The van der Waals surface area contributed by atoms with Crippen LogP contribution in [0.5, 0.6) is 5.75 Å². The Morgan fingerprint density at radius 3 is 2.61 bits per heavy atom. The summed E-state index contributed by atoms with van der Waals surface area (Å²) >= 11 is 0. The number of benzene rings is 1. The van der Waals surface area contributed by atoms with Crippen LogP contribution in [0.25, 0.3) is 22.2 Å². The third-order valence-electron chi connectivity index (χ3n) is 7.99. The van der Waals surface area contributed by atoms with Gasteiger partial charge in [0.15, 0.2) is 5.82 Å². The summed E-state index contributed by atoms with van der Waals surface area (Å²) in [5.41, 5.74) is 10.7. The summed E-state index contributed by atoms with van der Waals surface area (Å²) in [7, 11) is 7.07. The minimum absolute atomic E-state index is 0.222. The van der Waals surface area contributed by atoms with Gasteiger partial charge in [-0.25, -0.2) is 15.0 Å². The van der Waals surface area contributed by atoms with Gasteiger partial charge in [-0.3, -0.25) is 9.59 Å². The van der Waals surface area contributed by atoms with E-state index in [-0.39, 0.29) is 17.9 Å². The average Bonchev–Trinajstić information content (AvgIpc) is 3.06. The molecule has 3 heterocycles. The number of carbonyl (C=O) groups excluding carboxylic acids is 2. The topological polar surface area (TPSA) is 160 Å². The van der Waals surface area contributed by atoms with E-state index in [0.29, 0.717) is 48.7 Å². The number of nitrogens with one attached hydrogen (secondary N) is 3. The van der Waals surface area contributed by atoms with Gasteiger partial charge in [-0.15, -0.1) is 0 Å². The second kappa shape index (κ2) is 16.2. The van der Waals surface area contributed by atoms with E-state index >= 15 is 0 Å². The number of aromatic nitrogens is 3. The molecule has 1 fully saturated rings. The van der Waals surface area contributed by atoms with E-state index in [4.69, 9.17) is 25.2 Å². The van der Waals surface area contributed by atoms with Gasteiger partial charge >= 0.3 is 0 Å². The lowest BCUT2D eigenvalue weighted by atomic mass is 10.0. The molecule has 1 aliphatic rings. The highest BCUT2D eigenvalue weighted by Crippen LogP contribution is 2.35. The van der Waals surface area contributed by atoms with E-state index in [1.54, 1.807) is 33.4 Å². The molecule has 1 atom stereocenters. The van der Waals surface area contributed by atoms with Crippen LogP contribution in [0.4, 0.5) is 17.3 Å². The first-order chi connectivity index (χ1) is 22.1. The summed E-state index contributed by atoms with van der Waals surface area (Å²) in [6.45, 7) is 6.66. The number of amides is 2. The first-order valence-electron chi connectivity index (χ1n) is 15.7. The van der Waals surface area contributed by atoms with Crippen molar-refractivity contribution in [3.63, 3.8) is 0 Å². The van der Waals surface area contributed by atoms with Gasteiger partial charge in [-0.1, -0.05) is 19.1 Å². The Bertz CT molecular complexity index is 1540. The molecule has 2 aromatic heterocycles. The molecule has 0 radical (unpaired) electrons. The van der Waals surface area contributed by atoms with Crippen molar-refractivity contribution >= 4 is 40.2 Å². The van der Waals surface area contributed by atoms with E-state index in [2.05, 4.69) is 20.9 Å². The monoisotopic (exact) mass is 633 g/mol. The third-order valence-corrected chi connectivity index (χ3v) is 7.99. The Balaban J connectivity index is 1.44. The maximum atomic E-state index is 12.7. The van der Waals surface area contributed by atoms with Crippen molar-refractivity contribution in [3.8, 4) is 16.9 Å². The molecule has 13 heteroatoms. The SMILES string of the molecule is CCc1nc2c(N)ncc(-c3ccc(NCCNC(=O)[C@H](C)N(C)C(=O)/C=C/CN(C)C)c(OC)c3)c2nc1NC1CCOCC1. The minimum atomic E-state index is -0.613. The van der Waals surface area contributed by atoms with Crippen LogP contribution in [0, 0.1) is 0 Å². The van der Waals surface area contributed by atoms with E-state index in [1.807, 2.05) is 44.1 Å². The molecule has 0 aliphatic carbocycles. The lowest BCUT2D eigenvalue weighted by molar-refractivity contribution is -0.135. The Hall–Kier alpha value is -4.49. The van der Waals surface area contributed by atoms with Crippen molar-refractivity contribution in [3.05, 3.63) is 42.2 Å². The average molecular weight is 634 g/mol. The summed E-state index contributed by atoms with van der Waals surface area (Å²) in [6, 6.07) is 5.45. The van der Waals surface area contributed by atoms with Crippen molar-refractivity contribution in [2.75, 3.05) is 77.5 Å². The molecule has 1 aliphatic heterocycles. The molecule has 1 saturated heterocycles. The molecule has 46 heavy (non-hydrogen) atoms. The first kappa shape index (κ1) is 34.4. The molecule has 2 amide bonds. The van der Waals surface area contributed by atoms with Crippen LogP contribution in [-0.4, -0.2) is 110 Å². The fourth-order valence-corrected chi connectivity index (χ4v) is 5.09. The van der Waals surface area contributed by atoms with Gasteiger partial charge < -0.3 is 41.0 Å². The van der Waals surface area contributed by atoms with Crippen LogP contribution < -0.4 is 26.4 Å². The van der Waals surface area contributed by atoms with Crippen molar-refractivity contribution in [2.24, 2.45) is 0 Å². The van der Waals surface area contributed by atoms with E-state index in [9.17, 15) is 9.59 Å². The van der Waals surface area contributed by atoms with Crippen LogP contribution in [0.3, 0.4) is 0 Å². The zero-order chi connectivity index (χ0) is 33.2. The third kappa shape index (κ3) is 8.61. The van der Waals surface area contributed by atoms with Crippen molar-refractivity contribution < 1.29 is 19.1 Å². The fraction of sp³-hybridized carbons (Fsp3) is 0.485. The van der Waals surface area contributed by atoms with Crippen LogP contribution >= 0.6 is 0 Å². The molecular weight excluding hydrogens is 586 g/mol. The van der Waals surface area contributed by atoms with Gasteiger partial charge in [0.1, 0.15) is 28.6 Å². The Kier molecular flexibility index (Phi) is 12.1. The van der Waals surface area contributed by atoms with Crippen molar-refractivity contribution in [2.45, 2.75) is 45.2 Å². The molecule has 1 aromatic carbocycles. The highest BCUT2D eigenvalue weighted by Gasteiger charge is 2.22. The highest BCUT2D eigenvalue weighted by atomic mass is 16.5. The number of fused-ring (bicyclic) bond motifs is 1. The number of aryl methyl sites for hydroxylation is 1. The second-order valence-corrected chi connectivity index (χ2v) is 11.6. The number of nitrogens with two attached hydrogens (primary N) is 1. The van der Waals surface area contributed by atoms with Gasteiger partial charge in [0.05, 0.1) is 18.5 Å². The van der Waals surface area contributed by atoms with Gasteiger partial charge in [0.25, 0.3) is 0 Å². The molecule has 0 saturated carbocycles. The van der Waals surface area contributed by atoms with Gasteiger partial charge in [-0.2, -0.15) is 0 Å². The predicted octanol–water partition coefficient (Wildman–Crippen LogP) is 2.93. The van der Waals surface area contributed by atoms with Crippen molar-refractivity contribution in [1.29, 1.82) is 0 Å². The van der Waals surface area contributed by atoms with E-state index in [1.165, 1.54) is 11.0 Å². The second-order valence-electron chi connectivity index (χ2n) is 11.6. The summed E-state index contributed by atoms with van der Waals surface area (Å²) < 4.78 is 11.2. The first-order valence-corrected chi connectivity index (χ1v) is 15.7. The number of nitrogens with zero attached hydrogens (tertiary/aromatic N) is 5. The van der Waals surface area contributed by atoms with Gasteiger partial charge in [0, 0.05) is 63.8 Å². The quantitative estimate of drug-likeness (QED) is 0.153. The number of nitrogen functional groups attached to an aromatic ring is 1. The maximum absolute atomic E-state index is 12.7. The number of anilines is 3. The number of carbonyl (C=O) groups is 2. The summed E-state index contributed by atoms with van der Waals surface area (Å²) in [4.78, 5) is 42.8. The Labute approximate surface area is 270 Å². The number of pyridine rings is 1. The molecule has 248 valence electrons. The number of methoxy groups -OCH3 is 1. The van der Waals surface area contributed by atoms with E-state index < -0.39 is 6.04 Å². The predicted molar refractivity (Wildman–Crippen MR) is 182 cm³/mol. The maximum Gasteiger partial charge on any atom is 0.246 e. The molecular formula is C33H47N9O4. The Morgan fingerprint density at radius 1 is 1.15 bits per heavy atom. The fourth-order valence-electron chi connectivity index (χ4n) is 5.09. The van der Waals surface area contributed by atoms with Crippen LogP contribution in [0.1, 0.15) is 32.4 Å². The lowest BCUT2D eigenvalue weighted by Gasteiger charge is -2.24. The lowest BCUT2D eigenvalue weighted by Crippen LogP contribution is -2.46. The molecule has 0 spiro atoms. The zero-order valence-corrected chi connectivity index (χ0v) is 27.7. The molecule has 0 unspecified atom stereocenters. The van der Waals surface area contributed by atoms with Crippen LogP contribution in [0.15, 0.2) is 36.5 Å². The molecule has 3 aromatic rings. The number of hydrogen-bond acceptors (Lipinski definition) is 11. The normalized spacial score (nSPS) is 14.4. The van der Waals surface area contributed by atoms with Gasteiger partial charge in [-0.05, 0) is 58.0 Å². The number of ether oxygens (including phenoxy) is 2. The van der Waals surface area contributed by atoms with Crippen LogP contribution in [-0.2, 0) is 20.7 Å². The Morgan fingerprint density at radius 2 is 1.91 bits per heavy atom. The zero-order valence-electron chi connectivity index (χ0n) is 27.7. The standard InChI is InChI=1S/C33H47N9O4/c1-7-25-32(38-23-12-17-46-18-13-23)40-29-24(20-37-31(34)30(29)39-25)22-10-11-26(27(19-22)45-6)35-14-15-36-33(44)21(2)42(5)28(43)9-8-16-41(3)4/h8-11,19-21,23,35H,7,12-18H2,1-6H3,(H2,34,37)(H,36,44)(H,38,40)/b9-8+/t21-/m0/s1. The highest BCUT2D eigenvalue weighted by molar-refractivity contribution is 5.97. The largest absolute Gasteiger partial charge is 0.495 e. The molecule has 5 N–H and O–H groups in total. The molecule has 0 bridgehead atoms.